The van der Waals surface area contributed by atoms with Crippen LogP contribution in [0.25, 0.3) is 11.5 Å². The summed E-state index contributed by atoms with van der Waals surface area (Å²) < 4.78 is 7.11. The standard InChI is InChI=1S/C26H32N4O3/c1-5-19-8-10-20(11-9-19)16-29-24(31)22-15-21(23-7-6-14-33-23)28-30(22)17-26(29,4)25(32)27-13-12-18(2)3/h6-11,14-15,18H,5,12-13,16-17H2,1-4H3,(H,27,32). The lowest BCUT2D eigenvalue weighted by atomic mass is 9.93. The number of nitrogens with one attached hydrogen (secondary N) is 1. The van der Waals surface area contributed by atoms with E-state index >= 15 is 0 Å². The maximum absolute atomic E-state index is 13.7. The van der Waals surface area contributed by atoms with Gasteiger partial charge in [0.15, 0.2) is 5.76 Å². The average Bonchev–Trinajstić information content (AvgIpc) is 3.46. The van der Waals surface area contributed by atoms with Crippen molar-refractivity contribution in [3.8, 4) is 11.5 Å². The highest BCUT2D eigenvalue weighted by Gasteiger charge is 2.48. The first kappa shape index (κ1) is 22.8. The van der Waals surface area contributed by atoms with E-state index in [1.807, 2.05) is 25.1 Å². The van der Waals surface area contributed by atoms with E-state index in [1.54, 1.807) is 28.0 Å². The summed E-state index contributed by atoms with van der Waals surface area (Å²) in [4.78, 5) is 28.8. The molecule has 7 heteroatoms. The summed E-state index contributed by atoms with van der Waals surface area (Å²) in [5, 5.41) is 7.64. The largest absolute Gasteiger partial charge is 0.463 e. The molecule has 0 spiro atoms. The van der Waals surface area contributed by atoms with Crippen LogP contribution >= 0.6 is 0 Å². The number of nitrogens with zero attached hydrogens (tertiary/aromatic N) is 3. The molecule has 33 heavy (non-hydrogen) atoms. The van der Waals surface area contributed by atoms with Gasteiger partial charge >= 0.3 is 0 Å². The fourth-order valence-electron chi connectivity index (χ4n) is 4.16. The first-order valence-corrected chi connectivity index (χ1v) is 11.6. The fourth-order valence-corrected chi connectivity index (χ4v) is 4.16. The molecule has 3 aromatic rings. The first-order chi connectivity index (χ1) is 15.8. The Morgan fingerprint density at radius 2 is 1.94 bits per heavy atom. The average molecular weight is 449 g/mol. The Hall–Kier alpha value is -3.35. The highest BCUT2D eigenvalue weighted by Crippen LogP contribution is 2.31. The van der Waals surface area contributed by atoms with Gasteiger partial charge in [0.25, 0.3) is 5.91 Å². The van der Waals surface area contributed by atoms with E-state index in [0.29, 0.717) is 36.2 Å². The van der Waals surface area contributed by atoms with Gasteiger partial charge in [-0.05, 0) is 48.9 Å². The minimum atomic E-state index is -1.07. The van der Waals surface area contributed by atoms with E-state index in [1.165, 1.54) is 5.56 Å². The topological polar surface area (TPSA) is 80.4 Å². The molecule has 2 amide bonds. The van der Waals surface area contributed by atoms with Crippen LogP contribution in [0.15, 0.2) is 53.1 Å². The maximum Gasteiger partial charge on any atom is 0.273 e. The minimum Gasteiger partial charge on any atom is -0.463 e. The Morgan fingerprint density at radius 3 is 2.58 bits per heavy atom. The van der Waals surface area contributed by atoms with Gasteiger partial charge in [-0.3, -0.25) is 14.3 Å². The molecule has 1 aromatic carbocycles. The van der Waals surface area contributed by atoms with Crippen molar-refractivity contribution in [1.29, 1.82) is 0 Å². The smallest absolute Gasteiger partial charge is 0.273 e. The van der Waals surface area contributed by atoms with Crippen LogP contribution in [0.4, 0.5) is 0 Å². The van der Waals surface area contributed by atoms with Crippen LogP contribution in [0.5, 0.6) is 0 Å². The number of benzene rings is 1. The number of carbonyl (C=O) groups excluding carboxylic acids is 2. The summed E-state index contributed by atoms with van der Waals surface area (Å²) >= 11 is 0. The molecule has 0 saturated carbocycles. The lowest BCUT2D eigenvalue weighted by Gasteiger charge is -2.43. The zero-order valence-electron chi connectivity index (χ0n) is 19.8. The second-order valence-electron chi connectivity index (χ2n) is 9.32. The number of furan rings is 1. The minimum absolute atomic E-state index is 0.164. The van der Waals surface area contributed by atoms with E-state index in [4.69, 9.17) is 4.42 Å². The normalized spacial score (nSPS) is 18.0. The summed E-state index contributed by atoms with van der Waals surface area (Å²) in [5.41, 5.74) is 2.19. The molecule has 7 nitrogen and oxygen atoms in total. The Kier molecular flexibility index (Phi) is 6.40. The molecule has 1 atom stereocenters. The van der Waals surface area contributed by atoms with Crippen molar-refractivity contribution in [2.24, 2.45) is 5.92 Å². The van der Waals surface area contributed by atoms with Crippen molar-refractivity contribution in [2.45, 2.75) is 59.2 Å². The summed E-state index contributed by atoms with van der Waals surface area (Å²) in [6.45, 7) is 9.37. The van der Waals surface area contributed by atoms with Crippen LogP contribution < -0.4 is 5.32 Å². The Balaban J connectivity index is 1.68. The van der Waals surface area contributed by atoms with Gasteiger partial charge in [0.05, 0.1) is 12.8 Å². The number of aromatic nitrogens is 2. The molecule has 1 aliphatic rings. The SMILES string of the molecule is CCc1ccc(CN2C(=O)c3cc(-c4ccco4)nn3CC2(C)C(=O)NCCC(C)C)cc1. The number of carbonyl (C=O) groups is 2. The number of aryl methyl sites for hydroxylation is 1. The van der Waals surface area contributed by atoms with Crippen LogP contribution in [0.1, 0.15) is 55.7 Å². The lowest BCUT2D eigenvalue weighted by Crippen LogP contribution is -2.63. The molecule has 0 saturated heterocycles. The van der Waals surface area contributed by atoms with Crippen LogP contribution in [0, 0.1) is 5.92 Å². The van der Waals surface area contributed by atoms with Gasteiger partial charge in [-0.15, -0.1) is 0 Å². The number of hydrogen-bond acceptors (Lipinski definition) is 4. The van der Waals surface area contributed by atoms with E-state index < -0.39 is 5.54 Å². The zero-order valence-corrected chi connectivity index (χ0v) is 19.8. The number of fused-ring (bicyclic) bond motifs is 1. The van der Waals surface area contributed by atoms with Crippen LogP contribution in [0.3, 0.4) is 0 Å². The number of amides is 2. The first-order valence-electron chi connectivity index (χ1n) is 11.6. The van der Waals surface area contributed by atoms with E-state index in [9.17, 15) is 9.59 Å². The van der Waals surface area contributed by atoms with Crippen LogP contribution in [-0.2, 0) is 24.3 Å². The lowest BCUT2D eigenvalue weighted by molar-refractivity contribution is -0.133. The zero-order chi connectivity index (χ0) is 23.6. The van der Waals surface area contributed by atoms with Gasteiger partial charge in [-0.1, -0.05) is 45.0 Å². The molecule has 3 heterocycles. The second-order valence-corrected chi connectivity index (χ2v) is 9.32. The molecule has 0 aliphatic carbocycles. The Morgan fingerprint density at radius 1 is 1.21 bits per heavy atom. The summed E-state index contributed by atoms with van der Waals surface area (Å²) in [5.74, 6) is 0.692. The Labute approximate surface area is 194 Å². The molecular weight excluding hydrogens is 416 g/mol. The van der Waals surface area contributed by atoms with Gasteiger partial charge < -0.3 is 14.6 Å². The van der Waals surface area contributed by atoms with Crippen LogP contribution in [0.2, 0.25) is 0 Å². The molecule has 0 fully saturated rings. The molecule has 0 radical (unpaired) electrons. The second kappa shape index (κ2) is 9.25. The monoisotopic (exact) mass is 448 g/mol. The third-order valence-corrected chi connectivity index (χ3v) is 6.34. The summed E-state index contributed by atoms with van der Waals surface area (Å²) in [6, 6.07) is 13.5. The third-order valence-electron chi connectivity index (χ3n) is 6.34. The molecule has 1 unspecified atom stereocenters. The number of rotatable bonds is 8. The van der Waals surface area contributed by atoms with Gasteiger partial charge in [0, 0.05) is 19.2 Å². The quantitative estimate of drug-likeness (QED) is 0.558. The van der Waals surface area contributed by atoms with Crippen molar-refractivity contribution in [2.75, 3.05) is 6.54 Å². The molecule has 2 aromatic heterocycles. The predicted molar refractivity (Wildman–Crippen MR) is 126 cm³/mol. The van der Waals surface area contributed by atoms with Gasteiger partial charge in [0.1, 0.15) is 16.9 Å². The van der Waals surface area contributed by atoms with E-state index in [-0.39, 0.29) is 18.4 Å². The molecule has 4 rings (SSSR count). The van der Waals surface area contributed by atoms with Crippen LogP contribution in [-0.4, -0.2) is 38.6 Å². The highest BCUT2D eigenvalue weighted by atomic mass is 16.3. The van der Waals surface area contributed by atoms with Crippen molar-refractivity contribution >= 4 is 11.8 Å². The predicted octanol–water partition coefficient (Wildman–Crippen LogP) is 4.28. The highest BCUT2D eigenvalue weighted by molar-refractivity contribution is 6.00. The van der Waals surface area contributed by atoms with Gasteiger partial charge in [-0.25, -0.2) is 0 Å². The van der Waals surface area contributed by atoms with E-state index in [0.717, 1.165) is 18.4 Å². The molecule has 174 valence electrons. The third kappa shape index (κ3) is 4.58. The van der Waals surface area contributed by atoms with Gasteiger partial charge in [0.2, 0.25) is 5.91 Å². The summed E-state index contributed by atoms with van der Waals surface area (Å²) in [6.07, 6.45) is 3.41. The number of hydrogen-bond donors (Lipinski definition) is 1. The molecular formula is C26H32N4O3. The van der Waals surface area contributed by atoms with Gasteiger partial charge in [-0.2, -0.15) is 5.10 Å². The van der Waals surface area contributed by atoms with Crippen molar-refractivity contribution in [3.05, 3.63) is 65.5 Å². The van der Waals surface area contributed by atoms with Crippen molar-refractivity contribution in [1.82, 2.24) is 20.0 Å². The molecule has 1 aliphatic heterocycles. The summed E-state index contributed by atoms with van der Waals surface area (Å²) in [7, 11) is 0. The molecule has 0 bridgehead atoms. The molecule has 1 N–H and O–H groups in total. The Bertz CT molecular complexity index is 1120. The van der Waals surface area contributed by atoms with E-state index in [2.05, 4.69) is 43.3 Å². The maximum atomic E-state index is 13.7. The van der Waals surface area contributed by atoms with Crippen molar-refractivity contribution in [3.63, 3.8) is 0 Å². The van der Waals surface area contributed by atoms with Crippen molar-refractivity contribution < 1.29 is 14.0 Å². The fraction of sp³-hybridized carbons (Fsp3) is 0.423.